The first kappa shape index (κ1) is 19.0. The second-order valence-corrected chi connectivity index (χ2v) is 7.18. The van der Waals surface area contributed by atoms with Crippen molar-refractivity contribution in [3.05, 3.63) is 82.5 Å². The Balaban J connectivity index is 1.51. The second kappa shape index (κ2) is 7.93. The van der Waals surface area contributed by atoms with Crippen molar-refractivity contribution >= 4 is 23.4 Å². The number of pyridine rings is 1. The summed E-state index contributed by atoms with van der Waals surface area (Å²) < 4.78 is 5.78. The van der Waals surface area contributed by atoms with Crippen LogP contribution in [0.3, 0.4) is 0 Å². The van der Waals surface area contributed by atoms with Crippen molar-refractivity contribution in [1.82, 2.24) is 10.3 Å². The van der Waals surface area contributed by atoms with Gasteiger partial charge in [0.25, 0.3) is 5.91 Å². The summed E-state index contributed by atoms with van der Waals surface area (Å²) in [4.78, 5) is 28.4. The molecule has 2 heterocycles. The van der Waals surface area contributed by atoms with Gasteiger partial charge in [-0.1, -0.05) is 35.9 Å². The molecule has 7 heteroatoms. The molecule has 3 aromatic rings. The SMILES string of the molecule is NC(=O)c1cccc(-c2ccnc3c2CC(C(=O)NCc2cccc(Cl)c2)O3)c1. The van der Waals surface area contributed by atoms with Crippen molar-refractivity contribution in [2.75, 3.05) is 0 Å². The van der Waals surface area contributed by atoms with Crippen LogP contribution in [0.25, 0.3) is 11.1 Å². The molecule has 29 heavy (non-hydrogen) atoms. The zero-order chi connectivity index (χ0) is 20.4. The molecule has 0 aliphatic carbocycles. The van der Waals surface area contributed by atoms with Crippen LogP contribution in [0.5, 0.6) is 5.88 Å². The van der Waals surface area contributed by atoms with E-state index < -0.39 is 12.0 Å². The number of hydrogen-bond acceptors (Lipinski definition) is 4. The number of primary amides is 1. The van der Waals surface area contributed by atoms with E-state index in [-0.39, 0.29) is 5.91 Å². The van der Waals surface area contributed by atoms with Crippen LogP contribution in [0.1, 0.15) is 21.5 Å². The molecule has 0 radical (unpaired) electrons. The van der Waals surface area contributed by atoms with Crippen molar-refractivity contribution in [1.29, 1.82) is 0 Å². The summed E-state index contributed by atoms with van der Waals surface area (Å²) in [6.45, 7) is 0.358. The van der Waals surface area contributed by atoms with Gasteiger partial charge in [-0.2, -0.15) is 0 Å². The van der Waals surface area contributed by atoms with E-state index in [2.05, 4.69) is 10.3 Å². The van der Waals surface area contributed by atoms with Crippen LogP contribution >= 0.6 is 11.6 Å². The van der Waals surface area contributed by atoms with Gasteiger partial charge < -0.3 is 15.8 Å². The Kier molecular flexibility index (Phi) is 5.18. The van der Waals surface area contributed by atoms with Crippen LogP contribution in [-0.2, 0) is 17.8 Å². The van der Waals surface area contributed by atoms with E-state index in [0.717, 1.165) is 22.3 Å². The second-order valence-electron chi connectivity index (χ2n) is 6.75. The molecular formula is C22H18ClN3O3. The van der Waals surface area contributed by atoms with Gasteiger partial charge in [0, 0.05) is 35.3 Å². The lowest BCUT2D eigenvalue weighted by Gasteiger charge is -2.11. The van der Waals surface area contributed by atoms with Gasteiger partial charge in [0.2, 0.25) is 11.8 Å². The molecule has 1 aromatic heterocycles. The van der Waals surface area contributed by atoms with Crippen molar-refractivity contribution in [2.45, 2.75) is 19.1 Å². The molecule has 146 valence electrons. The predicted octanol–water partition coefficient (Wildman–Crippen LogP) is 3.12. The molecule has 0 spiro atoms. The highest BCUT2D eigenvalue weighted by Gasteiger charge is 2.32. The Morgan fingerprint density at radius 1 is 1.17 bits per heavy atom. The molecule has 1 unspecified atom stereocenters. The Bertz CT molecular complexity index is 1100. The first-order valence-corrected chi connectivity index (χ1v) is 9.46. The quantitative estimate of drug-likeness (QED) is 0.679. The Hall–Kier alpha value is -3.38. The summed E-state index contributed by atoms with van der Waals surface area (Å²) >= 11 is 5.98. The minimum Gasteiger partial charge on any atom is -0.464 e. The lowest BCUT2D eigenvalue weighted by atomic mass is 9.97. The molecule has 0 fully saturated rings. The van der Waals surface area contributed by atoms with E-state index in [1.165, 1.54) is 0 Å². The number of nitrogens with one attached hydrogen (secondary N) is 1. The average molecular weight is 408 g/mol. The van der Waals surface area contributed by atoms with Gasteiger partial charge in [-0.15, -0.1) is 0 Å². The van der Waals surface area contributed by atoms with Gasteiger partial charge >= 0.3 is 0 Å². The Labute approximate surface area is 172 Å². The number of rotatable bonds is 5. The molecule has 1 aliphatic rings. The highest BCUT2D eigenvalue weighted by atomic mass is 35.5. The maximum Gasteiger partial charge on any atom is 0.261 e. The van der Waals surface area contributed by atoms with E-state index in [1.54, 1.807) is 36.5 Å². The van der Waals surface area contributed by atoms with Crippen LogP contribution < -0.4 is 15.8 Å². The molecule has 3 N–H and O–H groups in total. The number of ether oxygens (including phenoxy) is 1. The third-order valence-electron chi connectivity index (χ3n) is 4.77. The smallest absolute Gasteiger partial charge is 0.261 e. The number of fused-ring (bicyclic) bond motifs is 1. The highest BCUT2D eigenvalue weighted by molar-refractivity contribution is 6.30. The summed E-state index contributed by atoms with van der Waals surface area (Å²) in [5, 5.41) is 3.49. The largest absolute Gasteiger partial charge is 0.464 e. The van der Waals surface area contributed by atoms with Gasteiger partial charge in [0.15, 0.2) is 6.10 Å². The molecule has 2 aromatic carbocycles. The van der Waals surface area contributed by atoms with Gasteiger partial charge in [0.1, 0.15) is 0 Å². The minimum atomic E-state index is -0.669. The van der Waals surface area contributed by atoms with Gasteiger partial charge in [-0.05, 0) is 47.0 Å². The van der Waals surface area contributed by atoms with Crippen LogP contribution in [-0.4, -0.2) is 22.9 Å². The normalized spacial score (nSPS) is 14.7. The molecular weight excluding hydrogens is 390 g/mol. The fourth-order valence-corrected chi connectivity index (χ4v) is 3.55. The number of carbonyl (C=O) groups is 2. The van der Waals surface area contributed by atoms with E-state index in [0.29, 0.717) is 29.4 Å². The number of carbonyl (C=O) groups excluding carboxylic acids is 2. The van der Waals surface area contributed by atoms with Gasteiger partial charge in [-0.25, -0.2) is 4.98 Å². The molecule has 2 amide bonds. The molecule has 1 atom stereocenters. The number of halogens is 1. The average Bonchev–Trinajstić information content (AvgIpc) is 3.16. The van der Waals surface area contributed by atoms with Crippen LogP contribution in [0.2, 0.25) is 5.02 Å². The summed E-state index contributed by atoms with van der Waals surface area (Å²) in [5.41, 5.74) is 9.23. The number of nitrogens with zero attached hydrogens (tertiary/aromatic N) is 1. The predicted molar refractivity (Wildman–Crippen MR) is 110 cm³/mol. The first-order chi connectivity index (χ1) is 14.0. The lowest BCUT2D eigenvalue weighted by molar-refractivity contribution is -0.127. The zero-order valence-electron chi connectivity index (χ0n) is 15.4. The number of benzene rings is 2. The number of nitrogens with two attached hydrogens (primary N) is 1. The van der Waals surface area contributed by atoms with Crippen LogP contribution in [0.15, 0.2) is 60.8 Å². The van der Waals surface area contributed by atoms with Crippen molar-refractivity contribution < 1.29 is 14.3 Å². The summed E-state index contributed by atoms with van der Waals surface area (Å²) in [6, 6.07) is 16.2. The zero-order valence-corrected chi connectivity index (χ0v) is 16.1. The molecule has 0 bridgehead atoms. The summed E-state index contributed by atoms with van der Waals surface area (Å²) in [6.07, 6.45) is 1.34. The van der Waals surface area contributed by atoms with Gasteiger partial charge in [-0.3, -0.25) is 9.59 Å². The maximum atomic E-state index is 12.6. The molecule has 4 rings (SSSR count). The van der Waals surface area contributed by atoms with E-state index in [4.69, 9.17) is 22.1 Å². The standard InChI is InChI=1S/C22H18ClN3O3/c23-16-6-1-3-13(9-16)12-26-21(28)19-11-18-17(7-8-25-22(18)29-19)14-4-2-5-15(10-14)20(24)27/h1-10,19H,11-12H2,(H2,24,27)(H,26,28). The van der Waals surface area contributed by atoms with E-state index >= 15 is 0 Å². The molecule has 0 saturated heterocycles. The summed E-state index contributed by atoms with van der Waals surface area (Å²) in [7, 11) is 0. The minimum absolute atomic E-state index is 0.222. The van der Waals surface area contributed by atoms with E-state index in [1.807, 2.05) is 24.3 Å². The van der Waals surface area contributed by atoms with Crippen molar-refractivity contribution in [3.63, 3.8) is 0 Å². The third kappa shape index (κ3) is 4.07. The monoisotopic (exact) mass is 407 g/mol. The Morgan fingerprint density at radius 3 is 2.79 bits per heavy atom. The molecule has 0 saturated carbocycles. The van der Waals surface area contributed by atoms with Crippen LogP contribution in [0, 0.1) is 0 Å². The molecule has 1 aliphatic heterocycles. The van der Waals surface area contributed by atoms with Gasteiger partial charge in [0.05, 0.1) is 0 Å². The van der Waals surface area contributed by atoms with E-state index in [9.17, 15) is 9.59 Å². The third-order valence-corrected chi connectivity index (χ3v) is 5.00. The fourth-order valence-electron chi connectivity index (χ4n) is 3.34. The number of aromatic nitrogens is 1. The topological polar surface area (TPSA) is 94.3 Å². The Morgan fingerprint density at radius 2 is 2.00 bits per heavy atom. The highest BCUT2D eigenvalue weighted by Crippen LogP contribution is 2.35. The maximum absolute atomic E-state index is 12.6. The summed E-state index contributed by atoms with van der Waals surface area (Å²) in [5.74, 6) is -0.290. The molecule has 6 nitrogen and oxygen atoms in total. The van der Waals surface area contributed by atoms with Crippen LogP contribution in [0.4, 0.5) is 0 Å². The fraction of sp³-hybridized carbons (Fsp3) is 0.136. The van der Waals surface area contributed by atoms with Crippen molar-refractivity contribution in [2.24, 2.45) is 5.73 Å². The first-order valence-electron chi connectivity index (χ1n) is 9.08. The lowest BCUT2D eigenvalue weighted by Crippen LogP contribution is -2.37. The number of amides is 2. The van der Waals surface area contributed by atoms with Crippen molar-refractivity contribution in [3.8, 4) is 17.0 Å². The number of hydrogen-bond donors (Lipinski definition) is 2.